The molecule has 5 nitrogen and oxygen atoms in total. The van der Waals surface area contributed by atoms with E-state index in [1.807, 2.05) is 25.1 Å². The summed E-state index contributed by atoms with van der Waals surface area (Å²) in [5, 5.41) is 13.2. The summed E-state index contributed by atoms with van der Waals surface area (Å²) in [6.45, 7) is 3.65. The third-order valence-electron chi connectivity index (χ3n) is 4.73. The van der Waals surface area contributed by atoms with Crippen LogP contribution in [0.5, 0.6) is 0 Å². The van der Waals surface area contributed by atoms with Crippen molar-refractivity contribution in [2.45, 2.75) is 50.9 Å². The van der Waals surface area contributed by atoms with Gasteiger partial charge in [0.25, 0.3) is 0 Å². The fraction of sp³-hybridized carbons (Fsp3) is 0.450. The Bertz CT molecular complexity index is 657. The molecule has 25 heavy (non-hydrogen) atoms. The standard InChI is InChI=1S/C20H26N2O3/c1-15(13-18(23)19-10-6-12-25-19)21-20(24)17-9-5-11-22(17)14-16-7-3-2-4-8-16/h2-4,6-8,10,12,15,17-18,23H,5,9,11,13-14H2,1H3,(H,21,24). The number of aliphatic hydroxyl groups is 1. The van der Waals surface area contributed by atoms with Crippen LogP contribution in [0.2, 0.25) is 0 Å². The molecule has 2 heterocycles. The van der Waals surface area contributed by atoms with E-state index in [1.165, 1.54) is 5.56 Å². The largest absolute Gasteiger partial charge is 0.467 e. The minimum atomic E-state index is -0.700. The predicted molar refractivity (Wildman–Crippen MR) is 95.8 cm³/mol. The van der Waals surface area contributed by atoms with Crippen molar-refractivity contribution >= 4 is 5.91 Å². The number of hydrogen-bond donors (Lipinski definition) is 2. The average Bonchev–Trinajstić information content (AvgIpc) is 3.27. The Labute approximate surface area is 148 Å². The molecule has 3 atom stereocenters. The molecule has 3 unspecified atom stereocenters. The van der Waals surface area contributed by atoms with Crippen LogP contribution in [0.1, 0.15) is 43.6 Å². The lowest BCUT2D eigenvalue weighted by molar-refractivity contribution is -0.126. The van der Waals surface area contributed by atoms with Gasteiger partial charge in [0, 0.05) is 19.0 Å². The molecule has 0 spiro atoms. The van der Waals surface area contributed by atoms with Gasteiger partial charge in [0.2, 0.25) is 5.91 Å². The number of likely N-dealkylation sites (tertiary alicyclic amines) is 1. The van der Waals surface area contributed by atoms with Gasteiger partial charge in [0.15, 0.2) is 0 Å². The second-order valence-corrected chi connectivity index (χ2v) is 6.79. The highest BCUT2D eigenvalue weighted by Crippen LogP contribution is 2.22. The number of aliphatic hydroxyl groups excluding tert-OH is 1. The second kappa shape index (κ2) is 8.32. The summed E-state index contributed by atoms with van der Waals surface area (Å²) in [6.07, 6.45) is 3.20. The molecular formula is C20H26N2O3. The van der Waals surface area contributed by atoms with E-state index in [0.29, 0.717) is 12.2 Å². The Kier molecular flexibility index (Phi) is 5.89. The maximum atomic E-state index is 12.7. The van der Waals surface area contributed by atoms with Crippen LogP contribution in [-0.4, -0.2) is 34.5 Å². The molecule has 5 heteroatoms. The Balaban J connectivity index is 1.52. The van der Waals surface area contributed by atoms with Crippen molar-refractivity contribution in [2.75, 3.05) is 6.54 Å². The molecule has 1 aromatic carbocycles. The van der Waals surface area contributed by atoms with Crippen LogP contribution in [0.15, 0.2) is 53.1 Å². The maximum absolute atomic E-state index is 12.7. The normalized spacial score (nSPS) is 20.3. The fourth-order valence-corrected chi connectivity index (χ4v) is 3.46. The van der Waals surface area contributed by atoms with Crippen molar-refractivity contribution in [3.8, 4) is 0 Å². The smallest absolute Gasteiger partial charge is 0.237 e. The third-order valence-corrected chi connectivity index (χ3v) is 4.73. The molecule has 1 aliphatic rings. The van der Waals surface area contributed by atoms with E-state index in [1.54, 1.807) is 18.4 Å². The Hall–Kier alpha value is -2.11. The number of nitrogens with one attached hydrogen (secondary N) is 1. The number of nitrogens with zero attached hydrogens (tertiary/aromatic N) is 1. The molecular weight excluding hydrogens is 316 g/mol. The van der Waals surface area contributed by atoms with Gasteiger partial charge in [0.1, 0.15) is 11.9 Å². The van der Waals surface area contributed by atoms with Gasteiger partial charge in [-0.3, -0.25) is 9.69 Å². The van der Waals surface area contributed by atoms with E-state index >= 15 is 0 Å². The Morgan fingerprint density at radius 1 is 1.32 bits per heavy atom. The Morgan fingerprint density at radius 3 is 2.84 bits per heavy atom. The number of rotatable bonds is 7. The van der Waals surface area contributed by atoms with Gasteiger partial charge >= 0.3 is 0 Å². The molecule has 0 bridgehead atoms. The molecule has 1 aromatic heterocycles. The number of carbonyl (C=O) groups excluding carboxylic acids is 1. The van der Waals surface area contributed by atoms with E-state index in [2.05, 4.69) is 22.3 Å². The van der Waals surface area contributed by atoms with Gasteiger partial charge in [-0.1, -0.05) is 30.3 Å². The SMILES string of the molecule is CC(CC(O)c1ccco1)NC(=O)C1CCCN1Cc1ccccc1. The van der Waals surface area contributed by atoms with Crippen LogP contribution >= 0.6 is 0 Å². The highest BCUT2D eigenvalue weighted by molar-refractivity contribution is 5.82. The zero-order valence-corrected chi connectivity index (χ0v) is 14.6. The fourth-order valence-electron chi connectivity index (χ4n) is 3.46. The van der Waals surface area contributed by atoms with Crippen molar-refractivity contribution < 1.29 is 14.3 Å². The number of amides is 1. The van der Waals surface area contributed by atoms with E-state index in [-0.39, 0.29) is 18.0 Å². The number of benzene rings is 1. The van der Waals surface area contributed by atoms with Crippen molar-refractivity contribution in [2.24, 2.45) is 0 Å². The van der Waals surface area contributed by atoms with Crippen LogP contribution in [0.4, 0.5) is 0 Å². The summed E-state index contributed by atoms with van der Waals surface area (Å²) >= 11 is 0. The lowest BCUT2D eigenvalue weighted by atomic mass is 10.1. The summed E-state index contributed by atoms with van der Waals surface area (Å²) in [4.78, 5) is 14.9. The predicted octanol–water partition coefficient (Wildman–Crippen LogP) is 2.87. The van der Waals surface area contributed by atoms with Gasteiger partial charge in [-0.2, -0.15) is 0 Å². The average molecular weight is 342 g/mol. The van der Waals surface area contributed by atoms with E-state index in [0.717, 1.165) is 25.9 Å². The highest BCUT2D eigenvalue weighted by atomic mass is 16.4. The minimum Gasteiger partial charge on any atom is -0.467 e. The second-order valence-electron chi connectivity index (χ2n) is 6.79. The third kappa shape index (κ3) is 4.71. The molecule has 1 saturated heterocycles. The van der Waals surface area contributed by atoms with Crippen LogP contribution in [-0.2, 0) is 11.3 Å². The van der Waals surface area contributed by atoms with Crippen molar-refractivity contribution in [1.29, 1.82) is 0 Å². The van der Waals surface area contributed by atoms with E-state index < -0.39 is 6.10 Å². The molecule has 134 valence electrons. The number of hydrogen-bond acceptors (Lipinski definition) is 4. The van der Waals surface area contributed by atoms with Crippen molar-refractivity contribution in [3.63, 3.8) is 0 Å². The van der Waals surface area contributed by atoms with Crippen LogP contribution in [0.3, 0.4) is 0 Å². The lowest BCUT2D eigenvalue weighted by Gasteiger charge is -2.26. The zero-order chi connectivity index (χ0) is 17.6. The minimum absolute atomic E-state index is 0.0487. The summed E-state index contributed by atoms with van der Waals surface area (Å²) in [6, 6.07) is 13.5. The molecule has 2 aromatic rings. The van der Waals surface area contributed by atoms with Gasteiger partial charge in [-0.15, -0.1) is 0 Å². The Morgan fingerprint density at radius 2 is 2.12 bits per heavy atom. The van der Waals surface area contributed by atoms with E-state index in [4.69, 9.17) is 4.42 Å². The van der Waals surface area contributed by atoms with Crippen LogP contribution < -0.4 is 5.32 Å². The van der Waals surface area contributed by atoms with Gasteiger partial charge in [-0.25, -0.2) is 0 Å². The first-order valence-corrected chi connectivity index (χ1v) is 8.93. The topological polar surface area (TPSA) is 65.7 Å². The highest BCUT2D eigenvalue weighted by Gasteiger charge is 2.31. The first-order valence-electron chi connectivity index (χ1n) is 8.93. The number of furan rings is 1. The maximum Gasteiger partial charge on any atom is 0.237 e. The van der Waals surface area contributed by atoms with E-state index in [9.17, 15) is 9.90 Å². The first-order chi connectivity index (χ1) is 12.1. The molecule has 3 rings (SSSR count). The van der Waals surface area contributed by atoms with Gasteiger partial charge in [-0.05, 0) is 44.0 Å². The summed E-state index contributed by atoms with van der Waals surface area (Å²) in [5.41, 5.74) is 1.23. The first kappa shape index (κ1) is 17.7. The monoisotopic (exact) mass is 342 g/mol. The summed E-state index contributed by atoms with van der Waals surface area (Å²) in [7, 11) is 0. The van der Waals surface area contributed by atoms with Crippen LogP contribution in [0, 0.1) is 0 Å². The summed E-state index contributed by atoms with van der Waals surface area (Å²) in [5.74, 6) is 0.584. The van der Waals surface area contributed by atoms with Crippen molar-refractivity contribution in [1.82, 2.24) is 10.2 Å². The van der Waals surface area contributed by atoms with Gasteiger partial charge < -0.3 is 14.8 Å². The van der Waals surface area contributed by atoms with Crippen molar-refractivity contribution in [3.05, 3.63) is 60.1 Å². The van der Waals surface area contributed by atoms with Gasteiger partial charge in [0.05, 0.1) is 12.3 Å². The lowest BCUT2D eigenvalue weighted by Crippen LogP contribution is -2.46. The molecule has 1 amide bonds. The molecule has 0 radical (unpaired) electrons. The molecule has 1 fully saturated rings. The quantitative estimate of drug-likeness (QED) is 0.812. The molecule has 2 N–H and O–H groups in total. The summed E-state index contributed by atoms with van der Waals surface area (Å²) < 4.78 is 5.21. The number of carbonyl (C=O) groups is 1. The zero-order valence-electron chi connectivity index (χ0n) is 14.6. The molecule has 1 aliphatic heterocycles. The van der Waals surface area contributed by atoms with Crippen LogP contribution in [0.25, 0.3) is 0 Å². The molecule has 0 saturated carbocycles. The molecule has 0 aliphatic carbocycles.